The molecule has 162 valence electrons. The number of hydrogen-bond donors (Lipinski definition) is 3. The first-order chi connectivity index (χ1) is 14.8. The highest BCUT2D eigenvalue weighted by atomic mass is 16.3. The van der Waals surface area contributed by atoms with Crippen LogP contribution in [0.1, 0.15) is 32.0 Å². The van der Waals surface area contributed by atoms with Crippen molar-refractivity contribution in [3.05, 3.63) is 52.7 Å². The van der Waals surface area contributed by atoms with Gasteiger partial charge in [0, 0.05) is 24.0 Å². The summed E-state index contributed by atoms with van der Waals surface area (Å²) in [5.41, 5.74) is 5.01. The number of likely N-dealkylation sites (N-methyl/N-ethyl adjacent to an activating group) is 2. The van der Waals surface area contributed by atoms with Crippen molar-refractivity contribution in [1.29, 1.82) is 0 Å². The zero-order valence-electron chi connectivity index (χ0n) is 18.4. The Morgan fingerprint density at radius 3 is 2.10 bits per heavy atom. The van der Waals surface area contributed by atoms with Crippen LogP contribution in [0.2, 0.25) is 0 Å². The second-order valence-electron chi connectivity index (χ2n) is 8.58. The highest BCUT2D eigenvalue weighted by molar-refractivity contribution is 6.23. The number of benzene rings is 1. The summed E-state index contributed by atoms with van der Waals surface area (Å²) in [6.07, 6.45) is 4.00. The van der Waals surface area contributed by atoms with Crippen molar-refractivity contribution < 1.29 is 14.7 Å². The summed E-state index contributed by atoms with van der Waals surface area (Å²) in [4.78, 5) is 36.1. The number of hydrogen-bond acceptors (Lipinski definition) is 5. The van der Waals surface area contributed by atoms with Crippen molar-refractivity contribution >= 4 is 22.5 Å². The van der Waals surface area contributed by atoms with Crippen LogP contribution in [0, 0.1) is 0 Å². The Morgan fingerprint density at radius 2 is 1.42 bits per heavy atom. The molecule has 1 aromatic carbocycles. The van der Waals surface area contributed by atoms with Crippen LogP contribution in [0.15, 0.2) is 30.4 Å². The van der Waals surface area contributed by atoms with E-state index in [9.17, 15) is 14.7 Å². The molecule has 31 heavy (non-hydrogen) atoms. The average Bonchev–Trinajstić information content (AvgIpc) is 3.27. The largest absolute Gasteiger partial charge is 0.507 e. The van der Waals surface area contributed by atoms with Crippen LogP contribution >= 0.6 is 0 Å². The Labute approximate surface area is 181 Å². The van der Waals surface area contributed by atoms with Crippen LogP contribution in [0.5, 0.6) is 5.75 Å². The van der Waals surface area contributed by atoms with Gasteiger partial charge in [-0.1, -0.05) is 6.07 Å². The number of aromatic amines is 2. The second-order valence-corrected chi connectivity index (χ2v) is 8.58. The molecule has 7 heteroatoms. The molecule has 1 aliphatic carbocycles. The Balaban J connectivity index is 1.96. The molecule has 0 atom stereocenters. The third kappa shape index (κ3) is 3.82. The van der Waals surface area contributed by atoms with Gasteiger partial charge in [-0.25, -0.2) is 0 Å². The van der Waals surface area contributed by atoms with Gasteiger partial charge in [0.1, 0.15) is 5.75 Å². The van der Waals surface area contributed by atoms with Gasteiger partial charge in [0.05, 0.1) is 22.6 Å². The first kappa shape index (κ1) is 21.1. The van der Waals surface area contributed by atoms with E-state index in [0.717, 1.165) is 46.5 Å². The van der Waals surface area contributed by atoms with Crippen LogP contribution in [-0.2, 0) is 12.8 Å². The predicted octanol–water partition coefficient (Wildman–Crippen LogP) is 3.01. The lowest BCUT2D eigenvalue weighted by molar-refractivity contribution is 0.0991. The normalized spacial score (nSPS) is 13.7. The zero-order valence-corrected chi connectivity index (χ0v) is 18.4. The van der Waals surface area contributed by atoms with E-state index in [0.29, 0.717) is 24.1 Å². The molecule has 0 spiro atoms. The molecule has 0 bridgehead atoms. The van der Waals surface area contributed by atoms with Gasteiger partial charge in [0.15, 0.2) is 5.78 Å². The van der Waals surface area contributed by atoms with Crippen LogP contribution < -0.4 is 0 Å². The van der Waals surface area contributed by atoms with Gasteiger partial charge in [0.25, 0.3) is 0 Å². The molecule has 0 radical (unpaired) electrons. The van der Waals surface area contributed by atoms with Gasteiger partial charge in [-0.3, -0.25) is 9.59 Å². The molecule has 0 aliphatic heterocycles. The fraction of sp³-hybridized carbons (Fsp3) is 0.333. The number of aromatic hydroxyl groups is 1. The Hall–Kier alpha value is -3.16. The van der Waals surface area contributed by atoms with Crippen molar-refractivity contribution in [1.82, 2.24) is 19.8 Å². The molecular formula is C24H28N4O3. The van der Waals surface area contributed by atoms with Crippen molar-refractivity contribution in [3.8, 4) is 17.1 Å². The molecule has 0 amide bonds. The summed E-state index contributed by atoms with van der Waals surface area (Å²) in [5.74, 6) is -0.130. The number of carbonyl (C=O) groups excluding carboxylic acids is 2. The van der Waals surface area contributed by atoms with Crippen molar-refractivity contribution in [2.75, 3.05) is 41.3 Å². The number of aromatic nitrogens is 2. The maximum Gasteiger partial charge on any atom is 0.202 e. The van der Waals surface area contributed by atoms with Crippen LogP contribution in [0.25, 0.3) is 22.3 Å². The monoisotopic (exact) mass is 420 g/mol. The summed E-state index contributed by atoms with van der Waals surface area (Å²) in [7, 11) is 7.98. The number of H-pyrrole nitrogens is 2. The maximum absolute atomic E-state index is 12.7. The van der Waals surface area contributed by atoms with Crippen molar-refractivity contribution in [2.24, 2.45) is 0 Å². The van der Waals surface area contributed by atoms with Gasteiger partial charge in [0.2, 0.25) is 5.78 Å². The zero-order chi connectivity index (χ0) is 22.3. The van der Waals surface area contributed by atoms with Crippen LogP contribution in [-0.4, -0.2) is 77.7 Å². The van der Waals surface area contributed by atoms with E-state index >= 15 is 0 Å². The van der Waals surface area contributed by atoms with E-state index in [4.69, 9.17) is 0 Å². The molecule has 3 N–H and O–H groups in total. The molecule has 7 nitrogen and oxygen atoms in total. The van der Waals surface area contributed by atoms with E-state index in [1.54, 1.807) is 12.1 Å². The van der Waals surface area contributed by atoms with E-state index in [1.807, 2.05) is 34.3 Å². The lowest BCUT2D eigenvalue weighted by atomic mass is 9.94. The van der Waals surface area contributed by atoms with Crippen molar-refractivity contribution in [2.45, 2.75) is 12.8 Å². The lowest BCUT2D eigenvalue weighted by Gasteiger charge is -2.13. The average molecular weight is 421 g/mol. The number of phenols is 1. The number of rotatable bonds is 7. The number of fused-ring (bicyclic) bond motifs is 2. The molecule has 3 aromatic rings. The molecule has 0 saturated heterocycles. The number of phenolic OH excluding ortho intramolecular Hbond substituents is 1. The minimum Gasteiger partial charge on any atom is -0.507 e. The quantitative estimate of drug-likeness (QED) is 0.546. The standard InChI is InChI=1S/C24H28N4O3/c1-27(2)12-10-14-20-16(6-5-7-17(20)29)25-22(14)23-15(11-13-28(3)4)21-18(30)8-9-19(31)24(21)26-23/h5-9,25-26,29H,10-13H2,1-4H3. The third-order valence-corrected chi connectivity index (χ3v) is 5.76. The Kier molecular flexibility index (Phi) is 5.56. The minimum absolute atomic E-state index is 0.153. The fourth-order valence-corrected chi connectivity index (χ4v) is 4.21. The number of nitrogens with zero attached hydrogens (tertiary/aromatic N) is 2. The first-order valence-corrected chi connectivity index (χ1v) is 10.4. The second kappa shape index (κ2) is 8.17. The molecule has 4 rings (SSSR count). The minimum atomic E-state index is -0.194. The summed E-state index contributed by atoms with van der Waals surface area (Å²) < 4.78 is 0. The van der Waals surface area contributed by atoms with E-state index < -0.39 is 0 Å². The van der Waals surface area contributed by atoms with Gasteiger partial charge in [-0.05, 0) is 76.4 Å². The van der Waals surface area contributed by atoms with Crippen molar-refractivity contribution in [3.63, 3.8) is 0 Å². The fourth-order valence-electron chi connectivity index (χ4n) is 4.21. The molecule has 0 saturated carbocycles. The molecule has 2 aromatic heterocycles. The molecule has 0 fully saturated rings. The highest BCUT2D eigenvalue weighted by Crippen LogP contribution is 2.39. The summed E-state index contributed by atoms with van der Waals surface area (Å²) in [5, 5.41) is 11.4. The molecule has 0 unspecified atom stereocenters. The predicted molar refractivity (Wildman–Crippen MR) is 122 cm³/mol. The Morgan fingerprint density at radius 1 is 0.806 bits per heavy atom. The molecule has 2 heterocycles. The smallest absolute Gasteiger partial charge is 0.202 e. The van der Waals surface area contributed by atoms with E-state index in [1.165, 1.54) is 12.2 Å². The van der Waals surface area contributed by atoms with E-state index in [-0.39, 0.29) is 17.3 Å². The first-order valence-electron chi connectivity index (χ1n) is 10.4. The van der Waals surface area contributed by atoms with Crippen LogP contribution in [0.4, 0.5) is 0 Å². The molecular weight excluding hydrogens is 392 g/mol. The van der Waals surface area contributed by atoms with E-state index in [2.05, 4.69) is 19.8 Å². The maximum atomic E-state index is 12.7. The van der Waals surface area contributed by atoms with Crippen LogP contribution in [0.3, 0.4) is 0 Å². The highest BCUT2D eigenvalue weighted by Gasteiger charge is 2.30. The molecule has 1 aliphatic rings. The number of nitrogens with one attached hydrogen (secondary N) is 2. The number of carbonyl (C=O) groups is 2. The summed E-state index contributed by atoms with van der Waals surface area (Å²) in [6, 6.07) is 5.41. The van der Waals surface area contributed by atoms with Gasteiger partial charge in [-0.15, -0.1) is 0 Å². The Bertz CT molecular complexity index is 1200. The lowest BCUT2D eigenvalue weighted by Crippen LogP contribution is -2.18. The van der Waals surface area contributed by atoms with Gasteiger partial charge < -0.3 is 24.9 Å². The summed E-state index contributed by atoms with van der Waals surface area (Å²) in [6.45, 7) is 1.53. The number of ketones is 2. The topological polar surface area (TPSA) is 92.4 Å². The summed E-state index contributed by atoms with van der Waals surface area (Å²) >= 11 is 0. The van der Waals surface area contributed by atoms with Gasteiger partial charge in [-0.2, -0.15) is 0 Å². The SMILES string of the molecule is CN(C)CCc1c(-c2[nH]c3cccc(O)c3c2CCN(C)C)[nH]c2c1C(=O)C=CC2=O. The third-order valence-electron chi connectivity index (χ3n) is 5.76. The number of allylic oxidation sites excluding steroid dienone is 2. The van der Waals surface area contributed by atoms with Gasteiger partial charge >= 0.3 is 0 Å².